The fraction of sp³-hybridized carbons (Fsp3) is 0.222. The third-order valence-electron chi connectivity index (χ3n) is 3.77. The summed E-state index contributed by atoms with van der Waals surface area (Å²) in [6.45, 7) is 0. The molecule has 0 spiro atoms. The number of H-pyrrole nitrogens is 1. The molecule has 1 heterocycles. The zero-order chi connectivity index (χ0) is 17.1. The molecule has 0 aliphatic rings. The van der Waals surface area contributed by atoms with E-state index >= 15 is 0 Å². The van der Waals surface area contributed by atoms with Gasteiger partial charge in [0, 0.05) is 6.42 Å². The van der Waals surface area contributed by atoms with Crippen LogP contribution in [0.25, 0.3) is 11.0 Å². The molecule has 124 valence electrons. The number of benzene rings is 2. The van der Waals surface area contributed by atoms with E-state index in [9.17, 15) is 0 Å². The average Bonchev–Trinajstić information content (AvgIpc) is 2.61. The summed E-state index contributed by atoms with van der Waals surface area (Å²) in [5, 5.41) is 0. The predicted molar refractivity (Wildman–Crippen MR) is 95.8 cm³/mol. The van der Waals surface area contributed by atoms with E-state index in [1.165, 1.54) is 0 Å². The van der Waals surface area contributed by atoms with Crippen LogP contribution in [0.2, 0.25) is 0 Å². The van der Waals surface area contributed by atoms with Crippen molar-refractivity contribution < 1.29 is 14.2 Å². The van der Waals surface area contributed by atoms with Gasteiger partial charge in [-0.3, -0.25) is 0 Å². The Hall–Kier alpha value is -2.60. The van der Waals surface area contributed by atoms with Crippen LogP contribution in [0.1, 0.15) is 11.3 Å². The third kappa shape index (κ3) is 3.05. The molecule has 0 amide bonds. The maximum Gasteiger partial charge on any atom is 0.203 e. The molecule has 0 aliphatic carbocycles. The van der Waals surface area contributed by atoms with E-state index in [0.29, 0.717) is 28.3 Å². The standard InChI is InChI=1S/C18H18N2O3S/c1-21-15-9-11(10-16(22-2)17(15)23-3)8-14-18(24)20-13-7-5-4-6-12(13)19-14/h4-7,9-10H,8H2,1-3H3,(H,20,24). The molecule has 0 atom stereocenters. The lowest BCUT2D eigenvalue weighted by Crippen LogP contribution is -2.00. The molecule has 24 heavy (non-hydrogen) atoms. The second-order valence-electron chi connectivity index (χ2n) is 5.24. The zero-order valence-electron chi connectivity index (χ0n) is 13.8. The highest BCUT2D eigenvalue weighted by Gasteiger charge is 2.14. The summed E-state index contributed by atoms with van der Waals surface area (Å²) in [4.78, 5) is 7.90. The van der Waals surface area contributed by atoms with Crippen LogP contribution in [0.5, 0.6) is 17.2 Å². The molecule has 5 nitrogen and oxygen atoms in total. The highest BCUT2D eigenvalue weighted by atomic mass is 32.1. The van der Waals surface area contributed by atoms with Gasteiger partial charge in [0.2, 0.25) is 5.75 Å². The molecule has 1 N–H and O–H groups in total. The van der Waals surface area contributed by atoms with Gasteiger partial charge in [-0.2, -0.15) is 0 Å². The number of fused-ring (bicyclic) bond motifs is 1. The van der Waals surface area contributed by atoms with Crippen molar-refractivity contribution in [3.05, 3.63) is 52.3 Å². The Morgan fingerprint density at radius 1 is 1.00 bits per heavy atom. The summed E-state index contributed by atoms with van der Waals surface area (Å²) in [6.07, 6.45) is 0.566. The van der Waals surface area contributed by atoms with Gasteiger partial charge in [-0.15, -0.1) is 0 Å². The van der Waals surface area contributed by atoms with Crippen LogP contribution >= 0.6 is 12.2 Å². The largest absolute Gasteiger partial charge is 0.493 e. The summed E-state index contributed by atoms with van der Waals surface area (Å²) >= 11 is 5.44. The number of nitrogens with one attached hydrogen (secondary N) is 1. The lowest BCUT2D eigenvalue weighted by atomic mass is 10.1. The Kier molecular flexibility index (Phi) is 4.66. The van der Waals surface area contributed by atoms with Gasteiger partial charge in [0.1, 0.15) is 4.64 Å². The molecule has 0 unspecified atom stereocenters. The van der Waals surface area contributed by atoms with E-state index in [1.54, 1.807) is 21.3 Å². The molecular weight excluding hydrogens is 324 g/mol. The Bertz CT molecular complexity index is 912. The summed E-state index contributed by atoms with van der Waals surface area (Å²) in [5.74, 6) is 1.80. The number of ether oxygens (including phenoxy) is 3. The van der Waals surface area contributed by atoms with Crippen molar-refractivity contribution in [1.82, 2.24) is 9.97 Å². The molecule has 0 saturated heterocycles. The lowest BCUT2D eigenvalue weighted by molar-refractivity contribution is 0.324. The normalized spacial score (nSPS) is 10.6. The van der Waals surface area contributed by atoms with Gasteiger partial charge in [-0.1, -0.05) is 24.4 Å². The first-order valence-corrected chi connectivity index (χ1v) is 7.84. The molecule has 0 fully saturated rings. The van der Waals surface area contributed by atoms with Crippen molar-refractivity contribution in [1.29, 1.82) is 0 Å². The van der Waals surface area contributed by atoms with Crippen molar-refractivity contribution in [2.24, 2.45) is 0 Å². The summed E-state index contributed by atoms with van der Waals surface area (Å²) in [5.41, 5.74) is 3.59. The van der Waals surface area contributed by atoms with Crippen LogP contribution in [0, 0.1) is 4.64 Å². The number of hydrogen-bond acceptors (Lipinski definition) is 5. The number of hydrogen-bond donors (Lipinski definition) is 1. The van der Waals surface area contributed by atoms with Crippen molar-refractivity contribution in [3.8, 4) is 17.2 Å². The van der Waals surface area contributed by atoms with Gasteiger partial charge >= 0.3 is 0 Å². The minimum atomic E-state index is 0.566. The van der Waals surface area contributed by atoms with Gasteiger partial charge in [0.25, 0.3) is 0 Å². The smallest absolute Gasteiger partial charge is 0.203 e. The van der Waals surface area contributed by atoms with Crippen molar-refractivity contribution in [3.63, 3.8) is 0 Å². The first-order valence-electron chi connectivity index (χ1n) is 7.43. The van der Waals surface area contributed by atoms with Crippen molar-refractivity contribution in [2.45, 2.75) is 6.42 Å². The molecule has 1 aromatic heterocycles. The minimum Gasteiger partial charge on any atom is -0.493 e. The highest BCUT2D eigenvalue weighted by molar-refractivity contribution is 7.71. The van der Waals surface area contributed by atoms with Gasteiger partial charge in [-0.05, 0) is 29.8 Å². The monoisotopic (exact) mass is 342 g/mol. The van der Waals surface area contributed by atoms with Gasteiger partial charge in [0.15, 0.2) is 11.5 Å². The number of aromatic nitrogens is 2. The quantitative estimate of drug-likeness (QED) is 0.713. The van der Waals surface area contributed by atoms with Gasteiger partial charge in [-0.25, -0.2) is 4.98 Å². The van der Waals surface area contributed by atoms with Gasteiger partial charge in [0.05, 0.1) is 38.1 Å². The molecule has 0 radical (unpaired) electrons. The summed E-state index contributed by atoms with van der Waals surface area (Å²) < 4.78 is 16.8. The van der Waals surface area contributed by atoms with E-state index in [-0.39, 0.29) is 0 Å². The van der Waals surface area contributed by atoms with Crippen molar-refractivity contribution >= 4 is 23.3 Å². The number of aromatic amines is 1. The summed E-state index contributed by atoms with van der Waals surface area (Å²) in [7, 11) is 4.78. The zero-order valence-corrected chi connectivity index (χ0v) is 14.6. The molecule has 2 aromatic carbocycles. The molecule has 0 aliphatic heterocycles. The van der Waals surface area contributed by atoms with Gasteiger partial charge < -0.3 is 19.2 Å². The van der Waals surface area contributed by atoms with Crippen LogP contribution in [0.3, 0.4) is 0 Å². The van der Waals surface area contributed by atoms with Crippen LogP contribution < -0.4 is 14.2 Å². The van der Waals surface area contributed by atoms with Crippen LogP contribution in [0.15, 0.2) is 36.4 Å². The van der Waals surface area contributed by atoms with E-state index in [2.05, 4.69) is 9.97 Å². The fourth-order valence-electron chi connectivity index (χ4n) is 2.62. The third-order valence-corrected chi connectivity index (χ3v) is 4.10. The molecule has 0 bridgehead atoms. The molecular formula is C18H18N2O3S. The Balaban J connectivity index is 2.05. The fourth-order valence-corrected chi connectivity index (χ4v) is 2.85. The first kappa shape index (κ1) is 16.3. The van der Waals surface area contributed by atoms with Crippen LogP contribution in [-0.2, 0) is 6.42 Å². The second kappa shape index (κ2) is 6.88. The SMILES string of the molecule is COc1cc(Cc2nc3ccccc3[nH]c2=S)cc(OC)c1OC. The molecule has 3 aromatic rings. The van der Waals surface area contributed by atoms with E-state index < -0.39 is 0 Å². The Morgan fingerprint density at radius 3 is 2.29 bits per heavy atom. The first-order chi connectivity index (χ1) is 11.7. The highest BCUT2D eigenvalue weighted by Crippen LogP contribution is 2.38. The lowest BCUT2D eigenvalue weighted by Gasteiger charge is -2.14. The number of para-hydroxylation sites is 2. The Morgan fingerprint density at radius 2 is 1.67 bits per heavy atom. The average molecular weight is 342 g/mol. The maximum atomic E-state index is 5.44. The second-order valence-corrected chi connectivity index (χ2v) is 5.65. The van der Waals surface area contributed by atoms with Crippen molar-refractivity contribution in [2.75, 3.05) is 21.3 Å². The van der Waals surface area contributed by atoms with E-state index in [0.717, 1.165) is 22.3 Å². The van der Waals surface area contributed by atoms with Crippen LogP contribution in [0.4, 0.5) is 0 Å². The molecule has 0 saturated carbocycles. The summed E-state index contributed by atoms with van der Waals surface area (Å²) in [6, 6.07) is 11.6. The topological polar surface area (TPSA) is 56.4 Å². The van der Waals surface area contributed by atoms with E-state index in [4.69, 9.17) is 26.4 Å². The van der Waals surface area contributed by atoms with E-state index in [1.807, 2.05) is 36.4 Å². The number of methoxy groups -OCH3 is 3. The maximum absolute atomic E-state index is 5.44. The Labute approximate surface area is 145 Å². The number of nitrogens with zero attached hydrogens (tertiary/aromatic N) is 1. The molecule has 6 heteroatoms. The molecule has 3 rings (SSSR count). The number of rotatable bonds is 5. The minimum absolute atomic E-state index is 0.566. The predicted octanol–water partition coefficient (Wildman–Crippen LogP) is 3.91. The van der Waals surface area contributed by atoms with Crippen LogP contribution in [-0.4, -0.2) is 31.3 Å².